The van der Waals surface area contributed by atoms with Crippen molar-refractivity contribution in [3.05, 3.63) is 59.4 Å². The smallest absolute Gasteiger partial charge is 0.153 e. The van der Waals surface area contributed by atoms with Crippen molar-refractivity contribution >= 4 is 28.5 Å². The van der Waals surface area contributed by atoms with E-state index in [0.717, 1.165) is 30.5 Å². The van der Waals surface area contributed by atoms with Gasteiger partial charge in [0.25, 0.3) is 0 Å². The van der Waals surface area contributed by atoms with Crippen molar-refractivity contribution in [2.24, 2.45) is 0 Å². The molecule has 0 aliphatic carbocycles. The van der Waals surface area contributed by atoms with Crippen LogP contribution in [0.4, 0.5) is 14.6 Å². The fraction of sp³-hybridized carbons (Fsp3) is 0.0952. The Morgan fingerprint density at radius 3 is 2.81 bits per heavy atom. The van der Waals surface area contributed by atoms with Gasteiger partial charge in [0.05, 0.1) is 40.2 Å². The van der Waals surface area contributed by atoms with Crippen LogP contribution in [0.1, 0.15) is 0 Å². The van der Waals surface area contributed by atoms with Crippen LogP contribution in [0.25, 0.3) is 44.8 Å². The van der Waals surface area contributed by atoms with Crippen molar-refractivity contribution in [2.45, 2.75) is 6.54 Å². The van der Waals surface area contributed by atoms with E-state index in [0.29, 0.717) is 33.7 Å². The molecule has 32 heavy (non-hydrogen) atoms. The second-order valence-corrected chi connectivity index (χ2v) is 7.71. The predicted octanol–water partition coefficient (Wildman–Crippen LogP) is 4.30. The lowest BCUT2D eigenvalue weighted by molar-refractivity contribution is 0.585. The van der Waals surface area contributed by atoms with Gasteiger partial charge in [0.15, 0.2) is 5.82 Å². The van der Waals surface area contributed by atoms with Gasteiger partial charge in [0, 0.05) is 35.5 Å². The van der Waals surface area contributed by atoms with E-state index < -0.39 is 11.6 Å². The molecule has 4 aromatic heterocycles. The first-order chi connectivity index (χ1) is 15.6. The number of benzene rings is 1. The van der Waals surface area contributed by atoms with Gasteiger partial charge in [-0.3, -0.25) is 10.1 Å². The van der Waals surface area contributed by atoms with E-state index in [1.807, 2.05) is 16.8 Å². The average Bonchev–Trinajstić information content (AvgIpc) is 3.52. The molecule has 5 aromatic rings. The summed E-state index contributed by atoms with van der Waals surface area (Å²) in [5.74, 6) is -0.731. The highest BCUT2D eigenvalue weighted by molar-refractivity contribution is 6.31. The molecular formula is C21H13ClF2N8. The van der Waals surface area contributed by atoms with Crippen LogP contribution >= 0.6 is 11.6 Å². The molecule has 11 heteroatoms. The molecule has 6 rings (SSSR count). The van der Waals surface area contributed by atoms with E-state index in [1.165, 1.54) is 12.3 Å². The summed E-state index contributed by atoms with van der Waals surface area (Å²) in [6.07, 6.45) is 3.27. The number of rotatable bonds is 3. The van der Waals surface area contributed by atoms with E-state index in [4.69, 9.17) is 16.6 Å². The summed E-state index contributed by atoms with van der Waals surface area (Å²) in [6.45, 7) is 1.56. The zero-order chi connectivity index (χ0) is 21.8. The second-order valence-electron chi connectivity index (χ2n) is 7.30. The Labute approximate surface area is 184 Å². The molecule has 2 N–H and O–H groups in total. The number of pyridine rings is 2. The number of hydrogen-bond donors (Lipinski definition) is 2. The maximum absolute atomic E-state index is 14.5. The van der Waals surface area contributed by atoms with Gasteiger partial charge in [-0.15, -0.1) is 5.10 Å². The van der Waals surface area contributed by atoms with Crippen molar-refractivity contribution in [2.75, 3.05) is 11.9 Å². The van der Waals surface area contributed by atoms with Crippen molar-refractivity contribution < 1.29 is 8.78 Å². The maximum atomic E-state index is 14.5. The fourth-order valence-electron chi connectivity index (χ4n) is 3.81. The van der Waals surface area contributed by atoms with Gasteiger partial charge in [-0.05, 0) is 24.3 Å². The number of anilines is 1. The molecule has 0 unspecified atom stereocenters. The quantitative estimate of drug-likeness (QED) is 0.398. The molecule has 0 saturated heterocycles. The molecule has 158 valence electrons. The summed E-state index contributed by atoms with van der Waals surface area (Å²) in [6, 6.07) is 7.44. The van der Waals surface area contributed by atoms with Gasteiger partial charge < -0.3 is 5.32 Å². The van der Waals surface area contributed by atoms with Crippen LogP contribution in [-0.4, -0.2) is 41.7 Å². The van der Waals surface area contributed by atoms with E-state index in [1.54, 1.807) is 12.3 Å². The van der Waals surface area contributed by atoms with Gasteiger partial charge in [-0.2, -0.15) is 5.10 Å². The van der Waals surface area contributed by atoms with Gasteiger partial charge in [-0.25, -0.2) is 18.4 Å². The normalized spacial score (nSPS) is 12.8. The van der Waals surface area contributed by atoms with Crippen molar-refractivity contribution in [3.63, 3.8) is 0 Å². The lowest BCUT2D eigenvalue weighted by Crippen LogP contribution is -1.97. The molecule has 0 radical (unpaired) electrons. The summed E-state index contributed by atoms with van der Waals surface area (Å²) in [7, 11) is 0. The highest BCUT2D eigenvalue weighted by atomic mass is 35.5. The Bertz CT molecular complexity index is 1510. The first-order valence-corrected chi connectivity index (χ1v) is 10.1. The number of H-pyrrole nitrogens is 1. The Morgan fingerprint density at radius 1 is 1.00 bits per heavy atom. The SMILES string of the molecule is Fc1cc(F)c(-c2[nH]ncc2-c2ccc3ncc(-c4nnn5c4NCC5)cc3n2)cc1Cl. The zero-order valence-corrected chi connectivity index (χ0v) is 17.0. The molecule has 1 aliphatic heterocycles. The van der Waals surface area contributed by atoms with E-state index in [9.17, 15) is 8.78 Å². The molecule has 0 fully saturated rings. The second kappa shape index (κ2) is 7.06. The average molecular weight is 451 g/mol. The third-order valence-corrected chi connectivity index (χ3v) is 5.65. The van der Waals surface area contributed by atoms with Gasteiger partial charge in [0.2, 0.25) is 0 Å². The standard InChI is InChI=1S/C21H13ClF2N8/c22-13-6-11(14(23)7-15(13)24)20-12(9-27-29-20)16-1-2-17-18(28-16)5-10(8-26-17)19-21-25-3-4-32(21)31-30-19/h1-2,5-9,25H,3-4H2,(H,27,29). The number of halogens is 3. The minimum Gasteiger partial charge on any atom is -0.367 e. The Balaban J connectivity index is 1.46. The van der Waals surface area contributed by atoms with Crippen LogP contribution in [0.2, 0.25) is 5.02 Å². The highest BCUT2D eigenvalue weighted by Crippen LogP contribution is 2.34. The number of fused-ring (bicyclic) bond motifs is 2. The number of aromatic nitrogens is 7. The summed E-state index contributed by atoms with van der Waals surface area (Å²) in [5, 5.41) is 18.3. The third kappa shape index (κ3) is 2.91. The monoisotopic (exact) mass is 450 g/mol. The number of aromatic amines is 1. The van der Waals surface area contributed by atoms with Crippen LogP contribution in [0.15, 0.2) is 42.7 Å². The minimum absolute atomic E-state index is 0.100. The number of hydrogen-bond acceptors (Lipinski definition) is 6. The topological polar surface area (TPSA) is 97.2 Å². The highest BCUT2D eigenvalue weighted by Gasteiger charge is 2.20. The Hall–Kier alpha value is -3.92. The molecule has 5 heterocycles. The lowest BCUT2D eigenvalue weighted by Gasteiger charge is -2.07. The van der Waals surface area contributed by atoms with Crippen molar-refractivity contribution in [1.29, 1.82) is 0 Å². The van der Waals surface area contributed by atoms with Crippen LogP contribution in [-0.2, 0) is 6.54 Å². The largest absolute Gasteiger partial charge is 0.367 e. The zero-order valence-electron chi connectivity index (χ0n) is 16.3. The Morgan fingerprint density at radius 2 is 1.91 bits per heavy atom. The summed E-state index contributed by atoms with van der Waals surface area (Å²) < 4.78 is 29.9. The molecule has 0 atom stereocenters. The van der Waals surface area contributed by atoms with Crippen molar-refractivity contribution in [1.82, 2.24) is 35.2 Å². The van der Waals surface area contributed by atoms with E-state index >= 15 is 0 Å². The molecule has 0 spiro atoms. The maximum Gasteiger partial charge on any atom is 0.153 e. The number of nitrogens with zero attached hydrogens (tertiary/aromatic N) is 6. The van der Waals surface area contributed by atoms with Crippen LogP contribution in [0.3, 0.4) is 0 Å². The molecule has 0 bridgehead atoms. The summed E-state index contributed by atoms with van der Waals surface area (Å²) >= 11 is 5.87. The first kappa shape index (κ1) is 18.8. The molecule has 1 aliphatic rings. The molecule has 0 saturated carbocycles. The van der Waals surface area contributed by atoms with Crippen LogP contribution in [0, 0.1) is 11.6 Å². The summed E-state index contributed by atoms with van der Waals surface area (Å²) in [4.78, 5) is 9.20. The summed E-state index contributed by atoms with van der Waals surface area (Å²) in [5.41, 5.74) is 4.35. The fourth-order valence-corrected chi connectivity index (χ4v) is 3.97. The van der Waals surface area contributed by atoms with Crippen LogP contribution in [0.5, 0.6) is 0 Å². The van der Waals surface area contributed by atoms with E-state index in [2.05, 4.69) is 30.8 Å². The van der Waals surface area contributed by atoms with Gasteiger partial charge in [-0.1, -0.05) is 16.8 Å². The van der Waals surface area contributed by atoms with Gasteiger partial charge in [0.1, 0.15) is 17.3 Å². The van der Waals surface area contributed by atoms with Gasteiger partial charge >= 0.3 is 0 Å². The Kier molecular flexibility index (Phi) is 4.15. The molecule has 1 aromatic carbocycles. The van der Waals surface area contributed by atoms with Crippen LogP contribution < -0.4 is 5.32 Å². The first-order valence-electron chi connectivity index (χ1n) is 9.71. The van der Waals surface area contributed by atoms with Crippen molar-refractivity contribution in [3.8, 4) is 33.8 Å². The van der Waals surface area contributed by atoms with E-state index in [-0.39, 0.29) is 10.6 Å². The molecule has 8 nitrogen and oxygen atoms in total. The molecule has 0 amide bonds. The molecular weight excluding hydrogens is 438 g/mol. The number of nitrogens with one attached hydrogen (secondary N) is 2. The lowest BCUT2D eigenvalue weighted by atomic mass is 10.0. The minimum atomic E-state index is -0.828. The predicted molar refractivity (Wildman–Crippen MR) is 115 cm³/mol. The third-order valence-electron chi connectivity index (χ3n) is 5.36.